The van der Waals surface area contributed by atoms with E-state index in [0.717, 1.165) is 13.0 Å². The molecule has 0 heterocycles. The standard InChI is InChI=1S/C16H31NO2/c1-2-3-4-5-6-7-8-9-10-11-12-14-17-15-13-16(18)19/h15H,2-14H2,1H3,(H,18,19). The summed E-state index contributed by atoms with van der Waals surface area (Å²) < 4.78 is 0. The van der Waals surface area contributed by atoms with E-state index in [1.54, 1.807) is 0 Å². The van der Waals surface area contributed by atoms with Crippen LogP contribution in [-0.2, 0) is 4.79 Å². The minimum Gasteiger partial charge on any atom is -0.481 e. The first kappa shape index (κ1) is 18.1. The van der Waals surface area contributed by atoms with Gasteiger partial charge in [0, 0.05) is 12.8 Å². The third kappa shape index (κ3) is 17.1. The number of carbonyl (C=O) groups is 1. The van der Waals surface area contributed by atoms with Gasteiger partial charge in [-0.15, -0.1) is 0 Å². The van der Waals surface area contributed by atoms with E-state index >= 15 is 0 Å². The smallest absolute Gasteiger partial charge is 0.308 e. The van der Waals surface area contributed by atoms with Crippen LogP contribution in [0.2, 0.25) is 0 Å². The Morgan fingerprint density at radius 1 is 0.895 bits per heavy atom. The zero-order valence-corrected chi connectivity index (χ0v) is 12.6. The predicted octanol–water partition coefficient (Wildman–Crippen LogP) is 4.84. The molecule has 0 radical (unpaired) electrons. The summed E-state index contributed by atoms with van der Waals surface area (Å²) in [4.78, 5) is 14.3. The summed E-state index contributed by atoms with van der Waals surface area (Å²) in [6.07, 6.45) is 16.2. The molecule has 0 saturated heterocycles. The van der Waals surface area contributed by atoms with Crippen LogP contribution in [0.5, 0.6) is 0 Å². The van der Waals surface area contributed by atoms with Crippen molar-refractivity contribution < 1.29 is 9.90 Å². The Morgan fingerprint density at radius 2 is 1.37 bits per heavy atom. The maximum atomic E-state index is 10.2. The molecule has 19 heavy (non-hydrogen) atoms. The fraction of sp³-hybridized carbons (Fsp3) is 0.875. The number of unbranched alkanes of at least 4 members (excludes halogenated alkanes) is 10. The van der Waals surface area contributed by atoms with Crippen molar-refractivity contribution in [3.63, 3.8) is 0 Å². The van der Waals surface area contributed by atoms with E-state index in [-0.39, 0.29) is 6.42 Å². The largest absolute Gasteiger partial charge is 0.481 e. The Labute approximate surface area is 118 Å². The van der Waals surface area contributed by atoms with E-state index in [9.17, 15) is 4.79 Å². The van der Waals surface area contributed by atoms with Crippen molar-refractivity contribution in [1.82, 2.24) is 0 Å². The molecule has 0 amide bonds. The van der Waals surface area contributed by atoms with Crippen LogP contribution in [0.15, 0.2) is 4.99 Å². The van der Waals surface area contributed by atoms with E-state index in [2.05, 4.69) is 11.9 Å². The number of nitrogens with zero attached hydrogens (tertiary/aromatic N) is 1. The number of hydrogen-bond donors (Lipinski definition) is 1. The van der Waals surface area contributed by atoms with Gasteiger partial charge in [-0.25, -0.2) is 0 Å². The lowest BCUT2D eigenvalue weighted by Gasteiger charge is -2.01. The van der Waals surface area contributed by atoms with Crippen molar-refractivity contribution in [3.05, 3.63) is 0 Å². The average Bonchev–Trinajstić information content (AvgIpc) is 2.39. The van der Waals surface area contributed by atoms with Gasteiger partial charge in [-0.05, 0) is 6.42 Å². The van der Waals surface area contributed by atoms with Gasteiger partial charge >= 0.3 is 5.97 Å². The molecule has 112 valence electrons. The molecule has 1 N–H and O–H groups in total. The lowest BCUT2D eigenvalue weighted by atomic mass is 10.1. The Morgan fingerprint density at radius 3 is 1.84 bits per heavy atom. The summed E-state index contributed by atoms with van der Waals surface area (Å²) in [5.74, 6) is -0.803. The van der Waals surface area contributed by atoms with Crippen molar-refractivity contribution in [2.45, 2.75) is 84.0 Å². The molecular weight excluding hydrogens is 238 g/mol. The Hall–Kier alpha value is -0.860. The van der Waals surface area contributed by atoms with E-state index in [1.807, 2.05) is 0 Å². The molecule has 0 fully saturated rings. The van der Waals surface area contributed by atoms with Crippen LogP contribution in [-0.4, -0.2) is 23.8 Å². The molecule has 0 aliphatic rings. The average molecular weight is 269 g/mol. The maximum Gasteiger partial charge on any atom is 0.308 e. The van der Waals surface area contributed by atoms with Crippen molar-refractivity contribution in [2.75, 3.05) is 6.54 Å². The summed E-state index contributed by atoms with van der Waals surface area (Å²) in [6, 6.07) is 0. The SMILES string of the molecule is CCCCCCCCCCCCCN=CCC(=O)O. The molecule has 0 aromatic heterocycles. The minimum absolute atomic E-state index is 0.0536. The number of carboxylic acid groups (broad SMARTS) is 1. The highest BCUT2D eigenvalue weighted by Crippen LogP contribution is 2.11. The van der Waals surface area contributed by atoms with Crippen LogP contribution in [0.25, 0.3) is 0 Å². The van der Waals surface area contributed by atoms with Gasteiger partial charge in [0.1, 0.15) is 0 Å². The topological polar surface area (TPSA) is 49.7 Å². The lowest BCUT2D eigenvalue weighted by molar-refractivity contribution is -0.135. The number of aliphatic imine (C=N–C) groups is 1. The molecule has 0 atom stereocenters. The van der Waals surface area contributed by atoms with Gasteiger partial charge in [0.05, 0.1) is 6.42 Å². The van der Waals surface area contributed by atoms with Crippen LogP contribution < -0.4 is 0 Å². The third-order valence-corrected chi connectivity index (χ3v) is 3.29. The number of rotatable bonds is 14. The predicted molar refractivity (Wildman–Crippen MR) is 82.1 cm³/mol. The number of carboxylic acids is 1. The van der Waals surface area contributed by atoms with Gasteiger partial charge in [-0.2, -0.15) is 0 Å². The first-order valence-electron chi connectivity index (χ1n) is 7.97. The summed E-state index contributed by atoms with van der Waals surface area (Å²) in [6.45, 7) is 3.04. The normalized spacial score (nSPS) is 11.2. The Kier molecular flexibility index (Phi) is 14.5. The summed E-state index contributed by atoms with van der Waals surface area (Å²) in [7, 11) is 0. The first-order chi connectivity index (χ1) is 9.27. The fourth-order valence-corrected chi connectivity index (χ4v) is 2.10. The van der Waals surface area contributed by atoms with Gasteiger partial charge in [-0.3, -0.25) is 9.79 Å². The number of aliphatic carboxylic acids is 1. The number of hydrogen-bond acceptors (Lipinski definition) is 2. The molecule has 0 aromatic rings. The van der Waals surface area contributed by atoms with Crippen LogP contribution >= 0.6 is 0 Å². The van der Waals surface area contributed by atoms with Crippen molar-refractivity contribution >= 4 is 12.2 Å². The highest BCUT2D eigenvalue weighted by molar-refractivity contribution is 5.84. The maximum absolute atomic E-state index is 10.2. The van der Waals surface area contributed by atoms with Crippen molar-refractivity contribution in [3.8, 4) is 0 Å². The third-order valence-electron chi connectivity index (χ3n) is 3.29. The molecule has 0 aliphatic heterocycles. The van der Waals surface area contributed by atoms with E-state index in [1.165, 1.54) is 70.4 Å². The molecular formula is C16H31NO2. The van der Waals surface area contributed by atoms with E-state index in [4.69, 9.17) is 5.11 Å². The summed E-state index contributed by atoms with van der Waals surface area (Å²) in [5.41, 5.74) is 0. The van der Waals surface area contributed by atoms with Crippen LogP contribution in [0.3, 0.4) is 0 Å². The Balaban J connectivity index is 3.02. The second-order valence-electron chi connectivity index (χ2n) is 5.22. The lowest BCUT2D eigenvalue weighted by Crippen LogP contribution is -1.94. The monoisotopic (exact) mass is 269 g/mol. The first-order valence-corrected chi connectivity index (χ1v) is 7.97. The van der Waals surface area contributed by atoms with Gasteiger partial charge in [0.25, 0.3) is 0 Å². The minimum atomic E-state index is -0.803. The van der Waals surface area contributed by atoms with Gasteiger partial charge in [0.15, 0.2) is 0 Å². The molecule has 0 aromatic carbocycles. The summed E-state index contributed by atoms with van der Waals surface area (Å²) in [5, 5.41) is 8.41. The van der Waals surface area contributed by atoms with Gasteiger partial charge in [0.2, 0.25) is 0 Å². The molecule has 3 nitrogen and oxygen atoms in total. The molecule has 0 saturated carbocycles. The zero-order chi connectivity index (χ0) is 14.2. The quantitative estimate of drug-likeness (QED) is 0.362. The molecule has 3 heteroatoms. The zero-order valence-electron chi connectivity index (χ0n) is 12.6. The molecule has 0 rings (SSSR count). The molecule has 0 spiro atoms. The van der Waals surface area contributed by atoms with Crippen LogP contribution in [0, 0.1) is 0 Å². The molecule has 0 unspecified atom stereocenters. The van der Waals surface area contributed by atoms with Crippen molar-refractivity contribution in [2.24, 2.45) is 4.99 Å². The second-order valence-corrected chi connectivity index (χ2v) is 5.22. The van der Waals surface area contributed by atoms with E-state index < -0.39 is 5.97 Å². The van der Waals surface area contributed by atoms with E-state index in [0.29, 0.717) is 0 Å². The fourth-order valence-electron chi connectivity index (χ4n) is 2.10. The summed E-state index contributed by atoms with van der Waals surface area (Å²) >= 11 is 0. The van der Waals surface area contributed by atoms with Gasteiger partial charge in [-0.1, -0.05) is 71.1 Å². The highest BCUT2D eigenvalue weighted by Gasteiger charge is 1.93. The highest BCUT2D eigenvalue weighted by atomic mass is 16.4. The van der Waals surface area contributed by atoms with Crippen molar-refractivity contribution in [1.29, 1.82) is 0 Å². The van der Waals surface area contributed by atoms with Gasteiger partial charge < -0.3 is 5.11 Å². The second kappa shape index (κ2) is 15.2. The molecule has 0 aliphatic carbocycles. The van der Waals surface area contributed by atoms with Crippen LogP contribution in [0.1, 0.15) is 84.0 Å². The van der Waals surface area contributed by atoms with Crippen LogP contribution in [0.4, 0.5) is 0 Å². The molecule has 0 bridgehead atoms. The Bertz CT molecular complexity index is 227.